The van der Waals surface area contributed by atoms with E-state index in [-0.39, 0.29) is 17.3 Å². The summed E-state index contributed by atoms with van der Waals surface area (Å²) < 4.78 is 33.9. The van der Waals surface area contributed by atoms with Crippen molar-refractivity contribution in [3.63, 3.8) is 0 Å². The standard InChI is InChI=1S/C18H28NO8PSi/c1-18(2,3)29(5,6)27-15-13(10-20)25-14(16(15)26-28(22)23)11-7-8-19-12(9-11)17(21)24-4/h7-9,13-16,20H,10H2,1-6H3/p+1/t13-,14+,15-,16+/m1/s1. The molecule has 0 aliphatic carbocycles. The molecule has 5 atom stereocenters. The number of nitrogens with zero attached hydrogens (tertiary/aromatic N) is 1. The van der Waals surface area contributed by atoms with Crippen LogP contribution in [0.5, 0.6) is 0 Å². The highest BCUT2D eigenvalue weighted by Crippen LogP contribution is 2.45. The molecule has 1 aliphatic rings. The van der Waals surface area contributed by atoms with Gasteiger partial charge in [-0.15, -0.1) is 9.42 Å². The highest BCUT2D eigenvalue weighted by molar-refractivity contribution is 7.32. The van der Waals surface area contributed by atoms with Crippen LogP contribution in [0.15, 0.2) is 18.3 Å². The molecule has 2 N–H and O–H groups in total. The number of hydrogen-bond acceptors (Lipinski definition) is 8. The van der Waals surface area contributed by atoms with Crippen molar-refractivity contribution in [1.29, 1.82) is 0 Å². The summed E-state index contributed by atoms with van der Waals surface area (Å²) in [7, 11) is -4.03. The molecular formula is C18H29NO8PSi+. The van der Waals surface area contributed by atoms with E-state index in [0.29, 0.717) is 5.56 Å². The maximum atomic E-state index is 11.8. The summed E-state index contributed by atoms with van der Waals surface area (Å²) in [6.07, 6.45) is -1.89. The Morgan fingerprint density at radius 2 is 2.00 bits per heavy atom. The van der Waals surface area contributed by atoms with E-state index < -0.39 is 47.0 Å². The van der Waals surface area contributed by atoms with E-state index in [9.17, 15) is 19.4 Å². The number of carbonyl (C=O) groups excluding carboxylic acids is 1. The second kappa shape index (κ2) is 9.26. The molecule has 0 aromatic carbocycles. The van der Waals surface area contributed by atoms with Gasteiger partial charge in [-0.3, -0.25) is 0 Å². The second-order valence-corrected chi connectivity index (χ2v) is 13.8. The molecule has 1 aliphatic heterocycles. The fourth-order valence-corrected chi connectivity index (χ4v) is 4.62. The average molecular weight is 446 g/mol. The maximum absolute atomic E-state index is 11.8. The normalized spacial score (nSPS) is 25.7. The number of methoxy groups -OCH3 is 1. The minimum Gasteiger partial charge on any atom is -0.464 e. The summed E-state index contributed by atoms with van der Waals surface area (Å²) in [5.74, 6) is -0.622. The van der Waals surface area contributed by atoms with Gasteiger partial charge in [0.05, 0.1) is 13.7 Å². The van der Waals surface area contributed by atoms with E-state index in [1.807, 2.05) is 13.1 Å². The molecule has 0 bridgehead atoms. The number of aliphatic hydroxyl groups excluding tert-OH is 1. The van der Waals surface area contributed by atoms with Crippen LogP contribution in [0.1, 0.15) is 42.9 Å². The smallest absolute Gasteiger partial charge is 0.464 e. The lowest BCUT2D eigenvalue weighted by Gasteiger charge is -2.39. The van der Waals surface area contributed by atoms with Crippen molar-refractivity contribution in [2.75, 3.05) is 13.7 Å². The lowest BCUT2D eigenvalue weighted by Crippen LogP contribution is -2.49. The van der Waals surface area contributed by atoms with Crippen molar-refractivity contribution in [2.24, 2.45) is 0 Å². The Bertz CT molecular complexity index is 754. The first-order valence-corrected chi connectivity index (χ1v) is 13.3. The number of carbonyl (C=O) groups is 1. The Labute approximate surface area is 172 Å². The summed E-state index contributed by atoms with van der Waals surface area (Å²) in [6.45, 7) is 9.91. The van der Waals surface area contributed by atoms with Gasteiger partial charge >= 0.3 is 14.2 Å². The molecule has 1 unspecified atom stereocenters. The van der Waals surface area contributed by atoms with E-state index in [1.165, 1.54) is 19.4 Å². The first-order valence-electron chi connectivity index (χ1n) is 9.22. The molecule has 1 aromatic rings. The van der Waals surface area contributed by atoms with Crippen molar-refractivity contribution in [2.45, 2.75) is 63.3 Å². The first kappa shape index (κ1) is 24.0. The van der Waals surface area contributed by atoms with Gasteiger partial charge in [-0.2, -0.15) is 0 Å². The monoisotopic (exact) mass is 446 g/mol. The quantitative estimate of drug-likeness (QED) is 0.369. The van der Waals surface area contributed by atoms with Crippen LogP contribution in [0.25, 0.3) is 0 Å². The van der Waals surface area contributed by atoms with Crippen LogP contribution in [0.4, 0.5) is 0 Å². The van der Waals surface area contributed by atoms with Crippen LogP contribution in [-0.2, 0) is 23.0 Å². The van der Waals surface area contributed by atoms with Gasteiger partial charge in [0, 0.05) is 10.8 Å². The fourth-order valence-electron chi connectivity index (χ4n) is 2.86. The van der Waals surface area contributed by atoms with Crippen molar-refractivity contribution in [1.82, 2.24) is 4.98 Å². The zero-order chi connectivity index (χ0) is 22.0. The molecule has 1 saturated heterocycles. The molecule has 29 heavy (non-hydrogen) atoms. The third-order valence-electron chi connectivity index (χ3n) is 5.45. The number of aliphatic hydroxyl groups is 1. The molecule has 2 heterocycles. The number of aromatic nitrogens is 1. The zero-order valence-electron chi connectivity index (χ0n) is 17.5. The number of ether oxygens (including phenoxy) is 2. The largest absolute Gasteiger partial charge is 0.695 e. The van der Waals surface area contributed by atoms with Gasteiger partial charge in [-0.25, -0.2) is 9.78 Å². The van der Waals surface area contributed by atoms with Crippen molar-refractivity contribution in [3.05, 3.63) is 29.6 Å². The summed E-state index contributed by atoms with van der Waals surface area (Å²) in [5.41, 5.74) is 0.567. The van der Waals surface area contributed by atoms with Crippen molar-refractivity contribution in [3.8, 4) is 0 Å². The third kappa shape index (κ3) is 5.46. The molecular weight excluding hydrogens is 417 g/mol. The topological polar surface area (TPSA) is 124 Å². The zero-order valence-corrected chi connectivity index (χ0v) is 19.4. The molecule has 2 rings (SSSR count). The Hall–Kier alpha value is -1.26. The Morgan fingerprint density at radius 1 is 1.34 bits per heavy atom. The predicted molar refractivity (Wildman–Crippen MR) is 107 cm³/mol. The lowest BCUT2D eigenvalue weighted by atomic mass is 10.0. The highest BCUT2D eigenvalue weighted by Gasteiger charge is 2.54. The summed E-state index contributed by atoms with van der Waals surface area (Å²) in [6, 6.07) is 3.08. The SMILES string of the molecule is COC(=O)c1cc([C@@H]2O[C@H](CO)[C@@H](O[Si](C)(C)C(C)(C)C)[C@H]2O[P+](=O)O)ccn1. The van der Waals surface area contributed by atoms with Gasteiger partial charge in [-0.1, -0.05) is 20.8 Å². The minimum atomic E-state index is -2.96. The number of pyridine rings is 1. The van der Waals surface area contributed by atoms with Crippen LogP contribution >= 0.6 is 8.25 Å². The molecule has 1 aromatic heterocycles. The fraction of sp³-hybridized carbons (Fsp3) is 0.667. The summed E-state index contributed by atoms with van der Waals surface area (Å²) >= 11 is 0. The Morgan fingerprint density at radius 3 is 2.52 bits per heavy atom. The minimum absolute atomic E-state index is 0.0649. The number of hydrogen-bond donors (Lipinski definition) is 2. The number of rotatable bonds is 7. The summed E-state index contributed by atoms with van der Waals surface area (Å²) in [5, 5.41) is 9.73. The molecule has 162 valence electrons. The molecule has 0 spiro atoms. The Kier molecular flexibility index (Phi) is 7.67. The molecule has 0 saturated carbocycles. The van der Waals surface area contributed by atoms with Crippen LogP contribution in [0.2, 0.25) is 18.1 Å². The first-order chi connectivity index (χ1) is 13.4. The lowest BCUT2D eigenvalue weighted by molar-refractivity contribution is -0.0201. The Balaban J connectivity index is 2.43. The van der Waals surface area contributed by atoms with Crippen LogP contribution in [-0.4, -0.2) is 61.3 Å². The molecule has 1 fully saturated rings. The molecule has 0 amide bonds. The van der Waals surface area contributed by atoms with E-state index >= 15 is 0 Å². The van der Waals surface area contributed by atoms with Crippen LogP contribution < -0.4 is 0 Å². The van der Waals surface area contributed by atoms with Gasteiger partial charge in [-0.05, 0) is 35.8 Å². The van der Waals surface area contributed by atoms with Gasteiger partial charge in [0.15, 0.2) is 14.4 Å². The van der Waals surface area contributed by atoms with Gasteiger partial charge in [0.2, 0.25) is 0 Å². The maximum Gasteiger partial charge on any atom is 0.695 e. The van der Waals surface area contributed by atoms with E-state index in [4.69, 9.17) is 18.4 Å². The third-order valence-corrected chi connectivity index (χ3v) is 10.3. The van der Waals surface area contributed by atoms with Gasteiger partial charge in [0.1, 0.15) is 24.0 Å². The predicted octanol–water partition coefficient (Wildman–Crippen LogP) is 2.73. The van der Waals surface area contributed by atoms with Crippen molar-refractivity contribution < 1.29 is 37.8 Å². The average Bonchev–Trinajstić information content (AvgIpc) is 2.96. The van der Waals surface area contributed by atoms with Gasteiger partial charge in [0.25, 0.3) is 0 Å². The highest BCUT2D eigenvalue weighted by atomic mass is 31.1. The summed E-state index contributed by atoms with van der Waals surface area (Å²) in [4.78, 5) is 25.2. The van der Waals surface area contributed by atoms with Crippen molar-refractivity contribution >= 4 is 22.5 Å². The van der Waals surface area contributed by atoms with E-state index in [0.717, 1.165) is 0 Å². The molecule has 9 nitrogen and oxygen atoms in total. The van der Waals surface area contributed by atoms with E-state index in [2.05, 4.69) is 25.8 Å². The molecule has 0 radical (unpaired) electrons. The van der Waals surface area contributed by atoms with E-state index in [1.54, 1.807) is 6.07 Å². The molecule has 11 heteroatoms. The van der Waals surface area contributed by atoms with Crippen LogP contribution in [0, 0.1) is 0 Å². The van der Waals surface area contributed by atoms with Gasteiger partial charge < -0.3 is 19.0 Å². The number of esters is 1. The van der Waals surface area contributed by atoms with Crippen LogP contribution in [0.3, 0.4) is 0 Å². The second-order valence-electron chi connectivity index (χ2n) is 8.39.